The first kappa shape index (κ1) is 17.4. The SMILES string of the molecule is O=C(COC(=O)/C=C/c1cc(Br)ccc1F)NCc1cccs1. The van der Waals surface area contributed by atoms with Crippen LogP contribution in [0.2, 0.25) is 0 Å². The molecule has 0 atom stereocenters. The molecule has 1 heterocycles. The Bertz CT molecular complexity index is 716. The number of benzene rings is 1. The van der Waals surface area contributed by atoms with Gasteiger partial charge in [-0.15, -0.1) is 11.3 Å². The molecule has 0 aliphatic heterocycles. The number of rotatable bonds is 6. The Morgan fingerprint density at radius 1 is 1.35 bits per heavy atom. The first-order chi connectivity index (χ1) is 11.0. The Hall–Kier alpha value is -1.99. The van der Waals surface area contributed by atoms with Gasteiger partial charge in [0.2, 0.25) is 0 Å². The molecule has 0 radical (unpaired) electrons. The van der Waals surface area contributed by atoms with Crippen molar-refractivity contribution in [2.45, 2.75) is 6.54 Å². The molecule has 0 saturated carbocycles. The van der Waals surface area contributed by atoms with E-state index in [0.717, 1.165) is 11.0 Å². The zero-order valence-corrected chi connectivity index (χ0v) is 14.3. The van der Waals surface area contributed by atoms with E-state index in [-0.39, 0.29) is 12.2 Å². The highest BCUT2D eigenvalue weighted by Gasteiger charge is 2.06. The lowest BCUT2D eigenvalue weighted by molar-refractivity contribution is -0.143. The zero-order chi connectivity index (χ0) is 16.7. The minimum absolute atomic E-state index is 0.249. The van der Waals surface area contributed by atoms with E-state index in [0.29, 0.717) is 11.0 Å². The summed E-state index contributed by atoms with van der Waals surface area (Å²) in [6.07, 6.45) is 2.38. The first-order valence-corrected chi connectivity index (χ1v) is 8.31. The third-order valence-corrected chi connectivity index (χ3v) is 4.11. The van der Waals surface area contributed by atoms with Crippen LogP contribution in [0.4, 0.5) is 4.39 Å². The van der Waals surface area contributed by atoms with Crippen LogP contribution in [-0.2, 0) is 20.9 Å². The van der Waals surface area contributed by atoms with Gasteiger partial charge in [-0.2, -0.15) is 0 Å². The number of thiophene rings is 1. The van der Waals surface area contributed by atoms with Crippen molar-refractivity contribution in [3.63, 3.8) is 0 Å². The Morgan fingerprint density at radius 2 is 2.17 bits per heavy atom. The van der Waals surface area contributed by atoms with Crippen LogP contribution in [0.5, 0.6) is 0 Å². The molecule has 120 valence electrons. The lowest BCUT2D eigenvalue weighted by Gasteiger charge is -2.04. The molecule has 0 spiro atoms. The Morgan fingerprint density at radius 3 is 2.91 bits per heavy atom. The van der Waals surface area contributed by atoms with Crippen molar-refractivity contribution in [1.82, 2.24) is 5.32 Å². The Labute approximate surface area is 145 Å². The van der Waals surface area contributed by atoms with Crippen molar-refractivity contribution in [1.29, 1.82) is 0 Å². The van der Waals surface area contributed by atoms with Crippen LogP contribution in [0.1, 0.15) is 10.4 Å². The van der Waals surface area contributed by atoms with E-state index in [9.17, 15) is 14.0 Å². The predicted octanol–water partition coefficient (Wildman–Crippen LogP) is 3.52. The molecule has 7 heteroatoms. The number of halogens is 2. The van der Waals surface area contributed by atoms with E-state index < -0.39 is 17.7 Å². The van der Waals surface area contributed by atoms with Gasteiger partial charge in [-0.3, -0.25) is 4.79 Å². The topological polar surface area (TPSA) is 55.4 Å². The lowest BCUT2D eigenvalue weighted by atomic mass is 10.2. The van der Waals surface area contributed by atoms with Gasteiger partial charge in [-0.1, -0.05) is 22.0 Å². The summed E-state index contributed by atoms with van der Waals surface area (Å²) in [5, 5.41) is 4.54. The van der Waals surface area contributed by atoms with E-state index in [1.54, 1.807) is 6.07 Å². The van der Waals surface area contributed by atoms with Crippen LogP contribution in [0.3, 0.4) is 0 Å². The van der Waals surface area contributed by atoms with Gasteiger partial charge in [-0.25, -0.2) is 9.18 Å². The van der Waals surface area contributed by atoms with E-state index in [4.69, 9.17) is 4.74 Å². The molecule has 1 N–H and O–H groups in total. The summed E-state index contributed by atoms with van der Waals surface area (Å²) in [7, 11) is 0. The molecule has 4 nitrogen and oxygen atoms in total. The number of hydrogen-bond acceptors (Lipinski definition) is 4. The Balaban J connectivity index is 1.77. The normalized spacial score (nSPS) is 10.7. The standard InChI is InChI=1S/C16H13BrFNO3S/c17-12-4-5-14(18)11(8-12)3-6-16(21)22-10-15(20)19-9-13-2-1-7-23-13/h1-8H,9-10H2,(H,19,20)/b6-3+. The first-order valence-electron chi connectivity index (χ1n) is 6.63. The molecular weight excluding hydrogens is 385 g/mol. The number of hydrogen-bond donors (Lipinski definition) is 1. The van der Waals surface area contributed by atoms with Gasteiger partial charge in [0.05, 0.1) is 6.54 Å². The molecule has 1 aromatic carbocycles. The number of nitrogens with one attached hydrogen (secondary N) is 1. The fraction of sp³-hybridized carbons (Fsp3) is 0.125. The third-order valence-electron chi connectivity index (χ3n) is 2.74. The van der Waals surface area contributed by atoms with Crippen molar-refractivity contribution in [3.05, 3.63) is 62.5 Å². The second-order valence-electron chi connectivity index (χ2n) is 4.46. The van der Waals surface area contributed by atoms with Crippen molar-refractivity contribution in [3.8, 4) is 0 Å². The molecule has 0 fully saturated rings. The highest BCUT2D eigenvalue weighted by atomic mass is 79.9. The lowest BCUT2D eigenvalue weighted by Crippen LogP contribution is -2.27. The highest BCUT2D eigenvalue weighted by molar-refractivity contribution is 9.10. The van der Waals surface area contributed by atoms with Crippen LogP contribution in [-0.4, -0.2) is 18.5 Å². The summed E-state index contributed by atoms with van der Waals surface area (Å²) < 4.78 is 19.0. The number of carbonyl (C=O) groups excluding carboxylic acids is 2. The average Bonchev–Trinajstić information content (AvgIpc) is 3.05. The smallest absolute Gasteiger partial charge is 0.331 e. The van der Waals surface area contributed by atoms with Crippen molar-refractivity contribution < 1.29 is 18.7 Å². The molecule has 2 rings (SSSR count). The summed E-state index contributed by atoms with van der Waals surface area (Å²) in [4.78, 5) is 24.1. The quantitative estimate of drug-likeness (QED) is 0.599. The molecule has 0 bridgehead atoms. The van der Waals surface area contributed by atoms with Crippen LogP contribution < -0.4 is 5.32 Å². The molecule has 2 aromatic rings. The molecule has 0 aliphatic carbocycles. The number of ether oxygens (including phenoxy) is 1. The van der Waals surface area contributed by atoms with Crippen LogP contribution in [0.15, 0.2) is 46.3 Å². The maximum Gasteiger partial charge on any atom is 0.331 e. The van der Waals surface area contributed by atoms with Gasteiger partial charge < -0.3 is 10.1 Å². The van der Waals surface area contributed by atoms with Gasteiger partial charge in [-0.05, 0) is 35.7 Å². The summed E-state index contributed by atoms with van der Waals surface area (Å²) in [6, 6.07) is 8.16. The second-order valence-corrected chi connectivity index (χ2v) is 6.41. The minimum atomic E-state index is -0.712. The molecule has 0 saturated heterocycles. The maximum atomic E-state index is 13.5. The minimum Gasteiger partial charge on any atom is -0.452 e. The zero-order valence-electron chi connectivity index (χ0n) is 11.9. The second kappa shape index (κ2) is 8.59. The summed E-state index contributed by atoms with van der Waals surface area (Å²) in [5.41, 5.74) is 0.249. The molecule has 23 heavy (non-hydrogen) atoms. The molecule has 1 amide bonds. The van der Waals surface area contributed by atoms with Gasteiger partial charge in [0.15, 0.2) is 6.61 Å². The number of carbonyl (C=O) groups is 2. The van der Waals surface area contributed by atoms with Gasteiger partial charge >= 0.3 is 5.97 Å². The van der Waals surface area contributed by atoms with Crippen molar-refractivity contribution in [2.24, 2.45) is 0 Å². The van der Waals surface area contributed by atoms with Crippen LogP contribution >= 0.6 is 27.3 Å². The van der Waals surface area contributed by atoms with Gasteiger partial charge in [0, 0.05) is 21.0 Å². The summed E-state index contributed by atoms with van der Waals surface area (Å²) >= 11 is 4.74. The average molecular weight is 398 g/mol. The number of esters is 1. The Kier molecular flexibility index (Phi) is 6.49. The van der Waals surface area contributed by atoms with Gasteiger partial charge in [0.25, 0.3) is 5.91 Å². The van der Waals surface area contributed by atoms with E-state index >= 15 is 0 Å². The van der Waals surface area contributed by atoms with E-state index in [1.807, 2.05) is 17.5 Å². The van der Waals surface area contributed by atoms with Crippen LogP contribution in [0.25, 0.3) is 6.08 Å². The number of amides is 1. The van der Waals surface area contributed by atoms with Crippen LogP contribution in [0, 0.1) is 5.82 Å². The van der Waals surface area contributed by atoms with E-state index in [2.05, 4.69) is 21.2 Å². The molecule has 1 aromatic heterocycles. The molecule has 0 aliphatic rings. The fourth-order valence-corrected chi connectivity index (χ4v) is 2.66. The fourth-order valence-electron chi connectivity index (χ4n) is 1.63. The summed E-state index contributed by atoms with van der Waals surface area (Å²) in [5.74, 6) is -1.56. The molecule has 0 unspecified atom stereocenters. The van der Waals surface area contributed by atoms with Crippen molar-refractivity contribution in [2.75, 3.05) is 6.61 Å². The monoisotopic (exact) mass is 397 g/mol. The predicted molar refractivity (Wildman–Crippen MR) is 90.3 cm³/mol. The maximum absolute atomic E-state index is 13.5. The van der Waals surface area contributed by atoms with Gasteiger partial charge in [0.1, 0.15) is 5.82 Å². The third kappa shape index (κ3) is 5.96. The highest BCUT2D eigenvalue weighted by Crippen LogP contribution is 2.16. The largest absolute Gasteiger partial charge is 0.452 e. The van der Waals surface area contributed by atoms with Crippen molar-refractivity contribution >= 4 is 45.2 Å². The summed E-state index contributed by atoms with van der Waals surface area (Å²) in [6.45, 7) is 0.0165. The molecular formula is C16H13BrFNO3S. The van der Waals surface area contributed by atoms with E-state index in [1.165, 1.54) is 29.5 Å².